The lowest BCUT2D eigenvalue weighted by atomic mass is 10.0. The van der Waals surface area contributed by atoms with Gasteiger partial charge >= 0.3 is 10.4 Å². The third-order valence-corrected chi connectivity index (χ3v) is 2.28. The number of azide groups is 1. The van der Waals surface area contributed by atoms with Crippen LogP contribution in [0, 0.1) is 0 Å². The van der Waals surface area contributed by atoms with Crippen molar-refractivity contribution in [1.29, 1.82) is 0 Å². The highest BCUT2D eigenvalue weighted by Crippen LogP contribution is 2.13. The van der Waals surface area contributed by atoms with E-state index in [9.17, 15) is 18.3 Å². The average molecular weight is 285 g/mol. The molecule has 0 aliphatic heterocycles. The third-order valence-electron chi connectivity index (χ3n) is 1.81. The molecule has 12 heteroatoms. The van der Waals surface area contributed by atoms with Gasteiger partial charge in [0.2, 0.25) is 0 Å². The van der Waals surface area contributed by atoms with Gasteiger partial charge in [0.25, 0.3) is 0 Å². The summed E-state index contributed by atoms with van der Waals surface area (Å²) in [7, 11) is -5.08. The highest BCUT2D eigenvalue weighted by molar-refractivity contribution is 7.80. The highest BCUT2D eigenvalue weighted by atomic mass is 32.3. The van der Waals surface area contributed by atoms with Crippen molar-refractivity contribution in [3.8, 4) is 0 Å². The Kier molecular flexibility index (Phi) is 6.72. The number of carbonyl (C=O) groups is 1. The van der Waals surface area contributed by atoms with E-state index >= 15 is 0 Å². The lowest BCUT2D eigenvalue weighted by Crippen LogP contribution is -2.48. The van der Waals surface area contributed by atoms with Crippen molar-refractivity contribution in [1.82, 2.24) is 0 Å². The molecule has 0 aromatic rings. The summed E-state index contributed by atoms with van der Waals surface area (Å²) >= 11 is 0. The van der Waals surface area contributed by atoms with Crippen LogP contribution in [0.15, 0.2) is 5.11 Å². The molecule has 0 aliphatic rings. The Morgan fingerprint density at radius 1 is 1.44 bits per heavy atom. The normalized spacial score (nSPS) is 18.2. The second-order valence-corrected chi connectivity index (χ2v) is 4.11. The minimum absolute atomic E-state index is 0.0527. The second kappa shape index (κ2) is 7.23. The smallest absolute Gasteiger partial charge is 0.394 e. The minimum atomic E-state index is -5.08. The van der Waals surface area contributed by atoms with Crippen LogP contribution in [-0.4, -0.2) is 65.5 Å². The van der Waals surface area contributed by atoms with Crippen LogP contribution in [0.1, 0.15) is 0 Å². The fourth-order valence-corrected chi connectivity index (χ4v) is 1.52. The molecular formula is C6H11N3O8S. The number of nitrogens with zero attached hydrogens (tertiary/aromatic N) is 3. The zero-order chi connectivity index (χ0) is 14.3. The molecule has 0 spiro atoms. The van der Waals surface area contributed by atoms with E-state index in [-0.39, 0.29) is 6.29 Å². The van der Waals surface area contributed by atoms with Gasteiger partial charge in [0, 0.05) is 4.91 Å². The first kappa shape index (κ1) is 16.7. The van der Waals surface area contributed by atoms with Gasteiger partial charge in [-0.3, -0.25) is 4.55 Å². The van der Waals surface area contributed by atoms with Crippen LogP contribution in [0.3, 0.4) is 0 Å². The Morgan fingerprint density at radius 3 is 2.33 bits per heavy atom. The number of aliphatic hydroxyl groups excluding tert-OH is 3. The van der Waals surface area contributed by atoms with Gasteiger partial charge in [0.15, 0.2) is 0 Å². The number of hydrogen-bond acceptors (Lipinski definition) is 8. The minimum Gasteiger partial charge on any atom is -0.394 e. The molecule has 0 saturated heterocycles. The third kappa shape index (κ3) is 5.37. The summed E-state index contributed by atoms with van der Waals surface area (Å²) in [6.45, 7) is -0.978. The lowest BCUT2D eigenvalue weighted by Gasteiger charge is -2.26. The van der Waals surface area contributed by atoms with Crippen molar-refractivity contribution in [2.75, 3.05) is 6.61 Å². The molecule has 0 amide bonds. The van der Waals surface area contributed by atoms with E-state index in [0.29, 0.717) is 0 Å². The molecular weight excluding hydrogens is 274 g/mol. The summed E-state index contributed by atoms with van der Waals surface area (Å²) in [6, 6.07) is -1.83. The Labute approximate surface area is 101 Å². The zero-order valence-electron chi connectivity index (χ0n) is 8.77. The molecule has 0 fully saturated rings. The molecule has 4 atom stereocenters. The zero-order valence-corrected chi connectivity index (χ0v) is 9.58. The summed E-state index contributed by atoms with van der Waals surface area (Å²) in [5, 5.41) is 29.9. The van der Waals surface area contributed by atoms with Gasteiger partial charge in [-0.2, -0.15) is 8.42 Å². The van der Waals surface area contributed by atoms with E-state index in [1.807, 2.05) is 0 Å². The molecule has 0 aliphatic carbocycles. The van der Waals surface area contributed by atoms with Crippen molar-refractivity contribution in [3.05, 3.63) is 10.4 Å². The number of carbonyl (C=O) groups excluding carboxylic acids is 1. The molecule has 0 saturated carbocycles. The van der Waals surface area contributed by atoms with Crippen molar-refractivity contribution in [2.45, 2.75) is 24.4 Å². The number of aliphatic hydroxyl groups is 3. The fraction of sp³-hybridized carbons (Fsp3) is 0.833. The SMILES string of the molecule is [N-]=[N+]=N[C@H](C=O)[C@@H](OS(=O)(=O)O)[C@H](O)[C@H](O)CO. The lowest BCUT2D eigenvalue weighted by molar-refractivity contribution is -0.116. The standard InChI is InChI=1S/C6H11N3O8S/c7-9-8-3(1-10)6(17-18(14,15)16)5(13)4(12)2-11/h1,3-6,11-13H,2H2,(H,14,15,16)/t3-,4-,5-,6-/m1/s1. The topological polar surface area (TPSA) is 190 Å². The molecule has 0 bridgehead atoms. The van der Waals surface area contributed by atoms with Crippen LogP contribution >= 0.6 is 0 Å². The number of rotatable bonds is 8. The van der Waals surface area contributed by atoms with Gasteiger partial charge in [-0.25, -0.2) is 4.18 Å². The predicted molar refractivity (Wildman–Crippen MR) is 54.5 cm³/mol. The Balaban J connectivity index is 5.26. The predicted octanol–water partition coefficient (Wildman–Crippen LogP) is -2.23. The summed E-state index contributed by atoms with van der Waals surface area (Å²) < 4.78 is 33.4. The molecule has 0 aromatic carbocycles. The maximum Gasteiger partial charge on any atom is 0.397 e. The maximum absolute atomic E-state index is 10.6. The molecule has 0 unspecified atom stereocenters. The summed E-state index contributed by atoms with van der Waals surface area (Å²) in [5.41, 5.74) is 8.13. The maximum atomic E-state index is 10.6. The summed E-state index contributed by atoms with van der Waals surface area (Å²) in [4.78, 5) is 12.8. The van der Waals surface area contributed by atoms with Crippen LogP contribution in [0.4, 0.5) is 0 Å². The number of hydrogen-bond donors (Lipinski definition) is 4. The molecule has 0 aromatic heterocycles. The van der Waals surface area contributed by atoms with E-state index in [0.717, 1.165) is 0 Å². The van der Waals surface area contributed by atoms with Gasteiger partial charge in [0.1, 0.15) is 30.6 Å². The van der Waals surface area contributed by atoms with E-state index in [2.05, 4.69) is 14.2 Å². The molecule has 0 radical (unpaired) electrons. The quantitative estimate of drug-likeness (QED) is 0.126. The van der Waals surface area contributed by atoms with E-state index < -0.39 is 41.4 Å². The van der Waals surface area contributed by atoms with Gasteiger partial charge in [-0.1, -0.05) is 5.11 Å². The Bertz CT molecular complexity index is 419. The van der Waals surface area contributed by atoms with Gasteiger partial charge in [-0.05, 0) is 5.53 Å². The average Bonchev–Trinajstić information content (AvgIpc) is 2.30. The van der Waals surface area contributed by atoms with Crippen LogP contribution in [0.2, 0.25) is 0 Å². The number of aldehydes is 1. The van der Waals surface area contributed by atoms with Crippen molar-refractivity contribution in [2.24, 2.45) is 5.11 Å². The largest absolute Gasteiger partial charge is 0.397 e. The van der Waals surface area contributed by atoms with Crippen LogP contribution in [0.5, 0.6) is 0 Å². The molecule has 18 heavy (non-hydrogen) atoms. The Morgan fingerprint density at radius 2 is 2.00 bits per heavy atom. The van der Waals surface area contributed by atoms with E-state index in [1.54, 1.807) is 0 Å². The summed E-state index contributed by atoms with van der Waals surface area (Å²) in [6.07, 6.45) is -6.08. The van der Waals surface area contributed by atoms with E-state index in [4.69, 9.17) is 20.3 Å². The van der Waals surface area contributed by atoms with Crippen molar-refractivity contribution >= 4 is 16.7 Å². The van der Waals surface area contributed by atoms with Crippen molar-refractivity contribution < 1.29 is 37.3 Å². The van der Waals surface area contributed by atoms with Crippen LogP contribution in [0.25, 0.3) is 10.4 Å². The summed E-state index contributed by atoms with van der Waals surface area (Å²) in [5.74, 6) is 0. The van der Waals surface area contributed by atoms with E-state index in [1.165, 1.54) is 0 Å². The van der Waals surface area contributed by atoms with Crippen LogP contribution < -0.4 is 0 Å². The fourth-order valence-electron chi connectivity index (χ4n) is 1.01. The first-order chi connectivity index (χ1) is 8.26. The first-order valence-corrected chi connectivity index (χ1v) is 5.75. The molecule has 11 nitrogen and oxygen atoms in total. The Hall–Kier alpha value is -1.27. The molecule has 104 valence electrons. The molecule has 0 rings (SSSR count). The van der Waals surface area contributed by atoms with Gasteiger partial charge in [-0.15, -0.1) is 0 Å². The molecule has 0 heterocycles. The van der Waals surface area contributed by atoms with Crippen LogP contribution in [-0.2, 0) is 19.4 Å². The second-order valence-electron chi connectivity index (χ2n) is 3.06. The van der Waals surface area contributed by atoms with Gasteiger partial charge in [0.05, 0.1) is 6.61 Å². The van der Waals surface area contributed by atoms with Crippen molar-refractivity contribution in [3.63, 3.8) is 0 Å². The van der Waals surface area contributed by atoms with Gasteiger partial charge < -0.3 is 20.1 Å². The highest BCUT2D eigenvalue weighted by Gasteiger charge is 2.36. The monoisotopic (exact) mass is 285 g/mol. The molecule has 4 N–H and O–H groups in total. The first-order valence-electron chi connectivity index (χ1n) is 4.39.